The van der Waals surface area contributed by atoms with E-state index in [-0.39, 0.29) is 0 Å². The Bertz CT molecular complexity index is 244. The van der Waals surface area contributed by atoms with Gasteiger partial charge < -0.3 is 0 Å². The summed E-state index contributed by atoms with van der Waals surface area (Å²) in [6, 6.07) is 0. The van der Waals surface area contributed by atoms with Gasteiger partial charge in [-0.2, -0.15) is 0 Å². The Kier molecular flexibility index (Phi) is 2.99. The predicted octanol–water partition coefficient (Wildman–Crippen LogP) is 4.87. The first-order valence-corrected chi connectivity index (χ1v) is 7.64. The zero-order valence-electron chi connectivity index (χ0n) is 10.6. The molecule has 1 spiro atoms. The molecular formula is C14H25Br. The van der Waals surface area contributed by atoms with Crippen LogP contribution in [0.4, 0.5) is 0 Å². The van der Waals surface area contributed by atoms with E-state index in [1.807, 2.05) is 0 Å². The molecule has 0 aliphatic heterocycles. The quantitative estimate of drug-likeness (QED) is 0.630. The third-order valence-electron chi connectivity index (χ3n) is 5.66. The van der Waals surface area contributed by atoms with Gasteiger partial charge in [0, 0.05) is 5.33 Å². The highest BCUT2D eigenvalue weighted by atomic mass is 79.9. The fourth-order valence-corrected chi connectivity index (χ4v) is 5.65. The monoisotopic (exact) mass is 272 g/mol. The van der Waals surface area contributed by atoms with Crippen molar-refractivity contribution in [2.24, 2.45) is 28.6 Å². The van der Waals surface area contributed by atoms with Crippen LogP contribution in [0, 0.1) is 28.6 Å². The second kappa shape index (κ2) is 3.75. The van der Waals surface area contributed by atoms with Gasteiger partial charge in [-0.25, -0.2) is 0 Å². The summed E-state index contributed by atoms with van der Waals surface area (Å²) in [5.41, 5.74) is 1.30. The first-order chi connectivity index (χ1) is 6.95. The molecule has 0 radical (unpaired) electrons. The molecule has 0 heterocycles. The normalized spacial score (nSPS) is 43.6. The van der Waals surface area contributed by atoms with Crippen LogP contribution in [0.5, 0.6) is 0 Å². The summed E-state index contributed by atoms with van der Waals surface area (Å²) in [6.07, 6.45) is 5.92. The molecule has 2 aliphatic carbocycles. The Morgan fingerprint density at radius 1 is 1.33 bits per heavy atom. The third kappa shape index (κ3) is 1.61. The van der Waals surface area contributed by atoms with Crippen LogP contribution >= 0.6 is 15.9 Å². The van der Waals surface area contributed by atoms with Crippen LogP contribution in [0.25, 0.3) is 0 Å². The average Bonchev–Trinajstić information content (AvgIpc) is 2.61. The van der Waals surface area contributed by atoms with Crippen LogP contribution in [-0.2, 0) is 0 Å². The van der Waals surface area contributed by atoms with E-state index in [1.54, 1.807) is 0 Å². The highest BCUT2D eigenvalue weighted by molar-refractivity contribution is 9.09. The third-order valence-corrected chi connectivity index (χ3v) is 6.31. The minimum atomic E-state index is 0.601. The molecule has 2 rings (SSSR count). The van der Waals surface area contributed by atoms with Crippen LogP contribution < -0.4 is 0 Å². The van der Waals surface area contributed by atoms with E-state index in [1.165, 1.54) is 31.0 Å². The first-order valence-electron chi connectivity index (χ1n) is 6.51. The number of rotatable bonds is 2. The minimum Gasteiger partial charge on any atom is -0.0925 e. The van der Waals surface area contributed by atoms with Crippen LogP contribution in [-0.4, -0.2) is 5.33 Å². The fraction of sp³-hybridized carbons (Fsp3) is 1.00. The van der Waals surface area contributed by atoms with Crippen molar-refractivity contribution >= 4 is 15.9 Å². The lowest BCUT2D eigenvalue weighted by atomic mass is 9.71. The van der Waals surface area contributed by atoms with Crippen molar-refractivity contribution in [3.05, 3.63) is 0 Å². The van der Waals surface area contributed by atoms with E-state index < -0.39 is 0 Å². The van der Waals surface area contributed by atoms with Gasteiger partial charge in [-0.15, -0.1) is 0 Å². The van der Waals surface area contributed by atoms with Crippen LogP contribution in [0.15, 0.2) is 0 Å². The highest BCUT2D eigenvalue weighted by Crippen LogP contribution is 2.75. The lowest BCUT2D eigenvalue weighted by Crippen LogP contribution is -2.24. The maximum absolute atomic E-state index is 3.72. The van der Waals surface area contributed by atoms with Gasteiger partial charge in [0.1, 0.15) is 0 Å². The van der Waals surface area contributed by atoms with Crippen molar-refractivity contribution in [3.8, 4) is 0 Å². The van der Waals surface area contributed by atoms with Gasteiger partial charge in [0.15, 0.2) is 0 Å². The average molecular weight is 273 g/mol. The summed E-state index contributed by atoms with van der Waals surface area (Å²) in [5.74, 6) is 2.81. The van der Waals surface area contributed by atoms with Crippen molar-refractivity contribution in [2.45, 2.75) is 53.4 Å². The molecule has 0 N–H and O–H groups in total. The van der Waals surface area contributed by atoms with E-state index >= 15 is 0 Å². The van der Waals surface area contributed by atoms with Gasteiger partial charge in [0.25, 0.3) is 0 Å². The van der Waals surface area contributed by atoms with Gasteiger partial charge in [-0.3, -0.25) is 0 Å². The highest BCUT2D eigenvalue weighted by Gasteiger charge is 2.69. The number of hydrogen-bond acceptors (Lipinski definition) is 0. The molecule has 88 valence electrons. The molecule has 0 amide bonds. The molecular weight excluding hydrogens is 248 g/mol. The van der Waals surface area contributed by atoms with Crippen molar-refractivity contribution in [2.75, 3.05) is 5.33 Å². The summed E-state index contributed by atoms with van der Waals surface area (Å²) >= 11 is 3.72. The van der Waals surface area contributed by atoms with Crippen molar-refractivity contribution in [3.63, 3.8) is 0 Å². The molecule has 3 unspecified atom stereocenters. The summed E-state index contributed by atoms with van der Waals surface area (Å²) in [5, 5.41) is 1.21. The van der Waals surface area contributed by atoms with Gasteiger partial charge in [0.2, 0.25) is 0 Å². The molecule has 0 saturated heterocycles. The molecule has 0 aromatic carbocycles. The molecule has 2 saturated carbocycles. The predicted molar refractivity (Wildman–Crippen MR) is 70.3 cm³/mol. The molecule has 0 aromatic rings. The van der Waals surface area contributed by atoms with Gasteiger partial charge in [-0.1, -0.05) is 56.5 Å². The lowest BCUT2D eigenvalue weighted by molar-refractivity contribution is 0.163. The van der Waals surface area contributed by atoms with Crippen molar-refractivity contribution in [1.29, 1.82) is 0 Å². The molecule has 15 heavy (non-hydrogen) atoms. The maximum Gasteiger partial charge on any atom is 0.00704 e. The number of hydrogen-bond donors (Lipinski definition) is 0. The van der Waals surface area contributed by atoms with E-state index in [4.69, 9.17) is 0 Å². The standard InChI is InChI=1S/C14H25Br/c1-10(2)11-6-5-7-14(8-11)12(9-15)13(14,3)4/h10-12H,5-9H2,1-4H3. The van der Waals surface area contributed by atoms with Crippen LogP contribution in [0.1, 0.15) is 53.4 Å². The zero-order valence-corrected chi connectivity index (χ0v) is 12.2. The maximum atomic E-state index is 3.72. The second-order valence-corrected chi connectivity index (χ2v) is 7.33. The zero-order chi connectivity index (χ0) is 11.3. The van der Waals surface area contributed by atoms with Crippen LogP contribution in [0.3, 0.4) is 0 Å². The Morgan fingerprint density at radius 2 is 2.00 bits per heavy atom. The summed E-state index contributed by atoms with van der Waals surface area (Å²) in [6.45, 7) is 9.79. The van der Waals surface area contributed by atoms with Gasteiger partial charge in [0.05, 0.1) is 0 Å². The SMILES string of the molecule is CC(C)C1CCCC2(C1)C(CBr)C2(C)C. The van der Waals surface area contributed by atoms with Gasteiger partial charge >= 0.3 is 0 Å². The Balaban J connectivity index is 2.11. The number of halogens is 1. The van der Waals surface area contributed by atoms with Crippen molar-refractivity contribution < 1.29 is 0 Å². The topological polar surface area (TPSA) is 0 Å². The molecule has 3 atom stereocenters. The Hall–Kier alpha value is 0.480. The molecule has 0 nitrogen and oxygen atoms in total. The summed E-state index contributed by atoms with van der Waals surface area (Å²) < 4.78 is 0. The summed E-state index contributed by atoms with van der Waals surface area (Å²) in [4.78, 5) is 0. The smallest absolute Gasteiger partial charge is 0.00704 e. The molecule has 0 bridgehead atoms. The largest absolute Gasteiger partial charge is 0.0925 e. The first kappa shape index (κ1) is 12.0. The van der Waals surface area contributed by atoms with E-state index in [2.05, 4.69) is 43.6 Å². The number of alkyl halides is 1. The summed E-state index contributed by atoms with van der Waals surface area (Å²) in [7, 11) is 0. The fourth-order valence-electron chi connectivity index (χ4n) is 4.23. The molecule has 0 aromatic heterocycles. The van der Waals surface area contributed by atoms with E-state index in [0.29, 0.717) is 10.8 Å². The molecule has 1 heteroatoms. The minimum absolute atomic E-state index is 0.601. The molecule has 2 fully saturated rings. The van der Waals surface area contributed by atoms with Crippen LogP contribution in [0.2, 0.25) is 0 Å². The van der Waals surface area contributed by atoms with E-state index in [9.17, 15) is 0 Å². The molecule has 2 aliphatic rings. The Morgan fingerprint density at radius 3 is 2.47 bits per heavy atom. The Labute approximate surface area is 103 Å². The lowest BCUT2D eigenvalue weighted by Gasteiger charge is -2.34. The van der Waals surface area contributed by atoms with Gasteiger partial charge in [-0.05, 0) is 41.4 Å². The second-order valence-electron chi connectivity index (χ2n) is 6.69. The van der Waals surface area contributed by atoms with E-state index in [0.717, 1.165) is 17.8 Å². The van der Waals surface area contributed by atoms with Crippen molar-refractivity contribution in [1.82, 2.24) is 0 Å².